The number of hydrogen-bond acceptors (Lipinski definition) is 5. The molecule has 1 heterocycles. The molecule has 0 saturated heterocycles. The molecule has 122 valence electrons. The van der Waals surface area contributed by atoms with Crippen LogP contribution in [0.2, 0.25) is 10.0 Å². The van der Waals surface area contributed by atoms with Gasteiger partial charge in [0.1, 0.15) is 0 Å². The van der Waals surface area contributed by atoms with E-state index in [0.717, 1.165) is 16.9 Å². The van der Waals surface area contributed by atoms with E-state index in [1.165, 1.54) is 5.56 Å². The van der Waals surface area contributed by atoms with Crippen molar-refractivity contribution in [3.05, 3.63) is 63.8 Å². The normalized spacial score (nSPS) is 10.5. The predicted molar refractivity (Wildman–Crippen MR) is 98.8 cm³/mol. The second-order valence-corrected chi connectivity index (χ2v) is 6.18. The Labute approximate surface area is 150 Å². The third-order valence-corrected chi connectivity index (χ3v) is 4.13. The van der Waals surface area contributed by atoms with Crippen molar-refractivity contribution in [1.82, 2.24) is 15.2 Å². The maximum Gasteiger partial charge on any atom is 0.249 e. The number of aromatic nitrogens is 3. The number of anilines is 4. The van der Waals surface area contributed by atoms with Crippen LogP contribution in [0.1, 0.15) is 11.1 Å². The van der Waals surface area contributed by atoms with Gasteiger partial charge in [-0.15, -0.1) is 5.10 Å². The van der Waals surface area contributed by atoms with Gasteiger partial charge in [-0.2, -0.15) is 10.1 Å². The van der Waals surface area contributed by atoms with Gasteiger partial charge in [0.25, 0.3) is 0 Å². The van der Waals surface area contributed by atoms with Gasteiger partial charge in [0.05, 0.1) is 16.2 Å². The minimum atomic E-state index is 0.365. The average molecular weight is 360 g/mol. The number of hydrogen-bond donors (Lipinski definition) is 2. The molecule has 2 aromatic carbocycles. The van der Waals surface area contributed by atoms with Gasteiger partial charge in [0, 0.05) is 11.4 Å². The largest absolute Gasteiger partial charge is 0.339 e. The van der Waals surface area contributed by atoms with Crippen LogP contribution in [0.5, 0.6) is 0 Å². The molecule has 0 atom stereocenters. The first-order chi connectivity index (χ1) is 11.5. The Bertz CT molecular complexity index is 883. The maximum absolute atomic E-state index is 6.01. The molecule has 0 unspecified atom stereocenters. The Hall–Kier alpha value is -2.37. The first-order valence-electron chi connectivity index (χ1n) is 7.27. The van der Waals surface area contributed by atoms with Crippen LogP contribution in [0.15, 0.2) is 42.6 Å². The summed E-state index contributed by atoms with van der Waals surface area (Å²) in [5, 5.41) is 15.2. The molecule has 0 aliphatic heterocycles. The monoisotopic (exact) mass is 359 g/mol. The van der Waals surface area contributed by atoms with E-state index in [1.807, 2.05) is 13.8 Å². The predicted octanol–water partition coefficient (Wildman–Crippen LogP) is 5.28. The van der Waals surface area contributed by atoms with Crippen molar-refractivity contribution in [3.8, 4) is 0 Å². The molecule has 24 heavy (non-hydrogen) atoms. The van der Waals surface area contributed by atoms with Crippen molar-refractivity contribution in [1.29, 1.82) is 0 Å². The molecule has 0 saturated carbocycles. The summed E-state index contributed by atoms with van der Waals surface area (Å²) in [5.41, 5.74) is 4.00. The lowest BCUT2D eigenvalue weighted by atomic mass is 10.1. The summed E-state index contributed by atoms with van der Waals surface area (Å²) in [6.07, 6.45) is 1.57. The van der Waals surface area contributed by atoms with Crippen molar-refractivity contribution >= 4 is 46.3 Å². The Morgan fingerprint density at radius 1 is 0.917 bits per heavy atom. The molecule has 0 aliphatic carbocycles. The number of halogens is 2. The highest BCUT2D eigenvalue weighted by Gasteiger charge is 2.05. The Morgan fingerprint density at radius 2 is 1.75 bits per heavy atom. The van der Waals surface area contributed by atoms with Crippen LogP contribution in [0, 0.1) is 13.8 Å². The van der Waals surface area contributed by atoms with Crippen LogP contribution in [0.4, 0.5) is 23.1 Å². The summed E-state index contributed by atoms with van der Waals surface area (Å²) in [6.45, 7) is 4.07. The van der Waals surface area contributed by atoms with Gasteiger partial charge in [-0.05, 0) is 49.2 Å². The second-order valence-electron chi connectivity index (χ2n) is 5.36. The summed E-state index contributed by atoms with van der Waals surface area (Å²) in [5.74, 6) is 0.963. The maximum atomic E-state index is 6.01. The van der Waals surface area contributed by atoms with E-state index >= 15 is 0 Å². The standard InChI is InChI=1S/C17H15Cl2N5/c1-10-3-4-11(2)15(7-10)22-16-9-20-24-17(23-16)21-12-5-6-13(18)14(19)8-12/h3-9H,1-2H3,(H2,21,22,23,24). The second kappa shape index (κ2) is 7.03. The zero-order chi connectivity index (χ0) is 17.1. The van der Waals surface area contributed by atoms with Crippen molar-refractivity contribution in [2.24, 2.45) is 0 Å². The van der Waals surface area contributed by atoms with Crippen LogP contribution in [-0.2, 0) is 0 Å². The molecule has 0 aliphatic rings. The number of aryl methyl sites for hydroxylation is 2. The highest BCUT2D eigenvalue weighted by molar-refractivity contribution is 6.42. The number of benzene rings is 2. The van der Waals surface area contributed by atoms with E-state index in [0.29, 0.717) is 21.8 Å². The molecule has 1 aromatic heterocycles. The Morgan fingerprint density at radius 3 is 2.54 bits per heavy atom. The summed E-state index contributed by atoms with van der Waals surface area (Å²) >= 11 is 11.9. The Balaban J connectivity index is 1.81. The van der Waals surface area contributed by atoms with E-state index in [1.54, 1.807) is 24.4 Å². The van der Waals surface area contributed by atoms with Crippen molar-refractivity contribution in [2.45, 2.75) is 13.8 Å². The third-order valence-electron chi connectivity index (χ3n) is 3.39. The number of nitrogens with zero attached hydrogens (tertiary/aromatic N) is 3. The summed E-state index contributed by atoms with van der Waals surface area (Å²) in [4.78, 5) is 4.41. The van der Waals surface area contributed by atoms with Gasteiger partial charge in [-0.25, -0.2) is 0 Å². The van der Waals surface area contributed by atoms with Gasteiger partial charge in [-0.3, -0.25) is 0 Å². The summed E-state index contributed by atoms with van der Waals surface area (Å²) < 4.78 is 0. The highest BCUT2D eigenvalue weighted by Crippen LogP contribution is 2.26. The van der Waals surface area contributed by atoms with Gasteiger partial charge < -0.3 is 10.6 Å². The van der Waals surface area contributed by atoms with Crippen molar-refractivity contribution < 1.29 is 0 Å². The lowest BCUT2D eigenvalue weighted by molar-refractivity contribution is 0.982. The van der Waals surface area contributed by atoms with Gasteiger partial charge in [0.2, 0.25) is 5.95 Å². The van der Waals surface area contributed by atoms with E-state index < -0.39 is 0 Å². The summed E-state index contributed by atoms with van der Waals surface area (Å²) in [7, 11) is 0. The molecule has 3 rings (SSSR count). The van der Waals surface area contributed by atoms with Gasteiger partial charge >= 0.3 is 0 Å². The fraction of sp³-hybridized carbons (Fsp3) is 0.118. The average Bonchev–Trinajstić information content (AvgIpc) is 2.55. The first-order valence-corrected chi connectivity index (χ1v) is 8.03. The molecule has 7 heteroatoms. The van der Waals surface area contributed by atoms with E-state index in [2.05, 4.69) is 44.0 Å². The molecule has 0 spiro atoms. The topological polar surface area (TPSA) is 62.7 Å². The van der Waals surface area contributed by atoms with Crippen LogP contribution in [0.3, 0.4) is 0 Å². The van der Waals surface area contributed by atoms with E-state index in [4.69, 9.17) is 23.2 Å². The lowest BCUT2D eigenvalue weighted by Gasteiger charge is -2.10. The zero-order valence-electron chi connectivity index (χ0n) is 13.1. The van der Waals surface area contributed by atoms with Gasteiger partial charge in [0.15, 0.2) is 5.82 Å². The van der Waals surface area contributed by atoms with E-state index in [-0.39, 0.29) is 0 Å². The SMILES string of the molecule is Cc1ccc(C)c(Nc2cnnc(Nc3ccc(Cl)c(Cl)c3)n2)c1. The molecule has 0 radical (unpaired) electrons. The third kappa shape index (κ3) is 3.93. The van der Waals surface area contributed by atoms with Crippen LogP contribution >= 0.6 is 23.2 Å². The van der Waals surface area contributed by atoms with E-state index in [9.17, 15) is 0 Å². The molecule has 0 fully saturated rings. The smallest absolute Gasteiger partial charge is 0.249 e. The minimum absolute atomic E-state index is 0.365. The van der Waals surface area contributed by atoms with Crippen LogP contribution in [0.25, 0.3) is 0 Å². The molecule has 0 bridgehead atoms. The molecule has 5 nitrogen and oxygen atoms in total. The molecule has 3 aromatic rings. The highest BCUT2D eigenvalue weighted by atomic mass is 35.5. The van der Waals surface area contributed by atoms with Crippen molar-refractivity contribution in [3.63, 3.8) is 0 Å². The minimum Gasteiger partial charge on any atom is -0.339 e. The molecular weight excluding hydrogens is 345 g/mol. The lowest BCUT2D eigenvalue weighted by Crippen LogP contribution is -2.03. The van der Waals surface area contributed by atoms with Crippen molar-refractivity contribution in [2.75, 3.05) is 10.6 Å². The first kappa shape index (κ1) is 16.5. The fourth-order valence-electron chi connectivity index (χ4n) is 2.13. The molecular formula is C17H15Cl2N5. The quantitative estimate of drug-likeness (QED) is 0.663. The molecule has 0 amide bonds. The van der Waals surface area contributed by atoms with Crippen LogP contribution < -0.4 is 10.6 Å². The fourth-order valence-corrected chi connectivity index (χ4v) is 2.43. The number of nitrogens with one attached hydrogen (secondary N) is 2. The zero-order valence-corrected chi connectivity index (χ0v) is 14.7. The van der Waals surface area contributed by atoms with Crippen LogP contribution in [-0.4, -0.2) is 15.2 Å². The molecule has 2 N–H and O–H groups in total. The summed E-state index contributed by atoms with van der Waals surface area (Å²) in [6, 6.07) is 11.4. The number of rotatable bonds is 4. The van der Waals surface area contributed by atoms with Gasteiger partial charge in [-0.1, -0.05) is 35.3 Å². The Kier molecular flexibility index (Phi) is 4.83.